The van der Waals surface area contributed by atoms with Crippen LogP contribution in [0.15, 0.2) is 0 Å². The summed E-state index contributed by atoms with van der Waals surface area (Å²) in [6, 6.07) is 0.0436. The van der Waals surface area contributed by atoms with Crippen LogP contribution in [0.2, 0.25) is 0 Å². The van der Waals surface area contributed by atoms with Gasteiger partial charge in [-0.05, 0) is 32.9 Å². The second-order valence-electron chi connectivity index (χ2n) is 3.72. The monoisotopic (exact) mass is 202 g/mol. The van der Waals surface area contributed by atoms with Crippen LogP contribution in [0.3, 0.4) is 0 Å². The zero-order valence-corrected chi connectivity index (χ0v) is 9.34. The van der Waals surface area contributed by atoms with Gasteiger partial charge in [-0.2, -0.15) is 0 Å². The summed E-state index contributed by atoms with van der Waals surface area (Å²) in [6.07, 6.45) is 1.39. The molecule has 0 spiro atoms. The third-order valence-corrected chi connectivity index (χ3v) is 2.36. The smallest absolute Gasteiger partial charge is 0.220 e. The highest BCUT2D eigenvalue weighted by Gasteiger charge is 2.12. The molecule has 3 N–H and O–H groups in total. The zero-order chi connectivity index (χ0) is 11.0. The number of hydrogen-bond donors (Lipinski definition) is 3. The third kappa shape index (κ3) is 5.94. The van der Waals surface area contributed by atoms with Crippen molar-refractivity contribution in [3.63, 3.8) is 0 Å². The van der Waals surface area contributed by atoms with Crippen LogP contribution in [0.5, 0.6) is 0 Å². The molecule has 0 radical (unpaired) electrons. The molecule has 2 atom stereocenters. The maximum absolute atomic E-state index is 11.3. The van der Waals surface area contributed by atoms with Gasteiger partial charge in [-0.25, -0.2) is 0 Å². The van der Waals surface area contributed by atoms with Crippen molar-refractivity contribution in [2.24, 2.45) is 5.92 Å². The Hall–Kier alpha value is -0.610. The molecule has 0 heterocycles. The SMILES string of the molecule is CNCCCC(=O)NC(C)C(C)CO. The Bertz CT molecular complexity index is 162. The number of aliphatic hydroxyl groups is 1. The number of amides is 1. The van der Waals surface area contributed by atoms with Crippen molar-refractivity contribution in [2.45, 2.75) is 32.7 Å². The van der Waals surface area contributed by atoms with Crippen LogP contribution in [-0.4, -0.2) is 37.3 Å². The predicted molar refractivity (Wildman–Crippen MR) is 57.0 cm³/mol. The first kappa shape index (κ1) is 13.4. The molecule has 1 amide bonds. The van der Waals surface area contributed by atoms with Gasteiger partial charge < -0.3 is 15.7 Å². The van der Waals surface area contributed by atoms with Crippen molar-refractivity contribution in [3.05, 3.63) is 0 Å². The lowest BCUT2D eigenvalue weighted by molar-refractivity contribution is -0.122. The number of rotatable bonds is 7. The summed E-state index contributed by atoms with van der Waals surface area (Å²) in [6.45, 7) is 4.80. The van der Waals surface area contributed by atoms with E-state index in [1.165, 1.54) is 0 Å². The van der Waals surface area contributed by atoms with Crippen LogP contribution in [0.25, 0.3) is 0 Å². The van der Waals surface area contributed by atoms with Crippen LogP contribution in [0.4, 0.5) is 0 Å². The van der Waals surface area contributed by atoms with E-state index in [1.807, 2.05) is 20.9 Å². The fourth-order valence-corrected chi connectivity index (χ4v) is 1.05. The van der Waals surface area contributed by atoms with E-state index in [-0.39, 0.29) is 24.5 Å². The Morgan fingerprint density at radius 1 is 1.43 bits per heavy atom. The van der Waals surface area contributed by atoms with Crippen LogP contribution in [0, 0.1) is 5.92 Å². The van der Waals surface area contributed by atoms with Crippen LogP contribution >= 0.6 is 0 Å². The number of carbonyl (C=O) groups is 1. The second-order valence-corrected chi connectivity index (χ2v) is 3.72. The van der Waals surface area contributed by atoms with E-state index in [2.05, 4.69) is 10.6 Å². The van der Waals surface area contributed by atoms with E-state index in [9.17, 15) is 4.79 Å². The minimum atomic E-state index is 0.0436. The fraction of sp³-hybridized carbons (Fsp3) is 0.900. The minimum absolute atomic E-state index is 0.0436. The van der Waals surface area contributed by atoms with Crippen molar-refractivity contribution in [1.82, 2.24) is 10.6 Å². The van der Waals surface area contributed by atoms with Gasteiger partial charge in [-0.1, -0.05) is 6.92 Å². The van der Waals surface area contributed by atoms with Gasteiger partial charge in [-0.3, -0.25) is 4.79 Å². The molecule has 0 saturated carbocycles. The summed E-state index contributed by atoms with van der Waals surface area (Å²) in [5.74, 6) is 0.177. The Balaban J connectivity index is 3.60. The highest BCUT2D eigenvalue weighted by molar-refractivity contribution is 5.76. The van der Waals surface area contributed by atoms with Gasteiger partial charge in [0.25, 0.3) is 0 Å². The lowest BCUT2D eigenvalue weighted by Gasteiger charge is -2.19. The molecular formula is C10H22N2O2. The number of aliphatic hydroxyl groups excluding tert-OH is 1. The summed E-state index contributed by atoms with van der Waals surface area (Å²) < 4.78 is 0. The van der Waals surface area contributed by atoms with Crippen molar-refractivity contribution in [1.29, 1.82) is 0 Å². The van der Waals surface area contributed by atoms with E-state index in [0.717, 1.165) is 13.0 Å². The zero-order valence-electron chi connectivity index (χ0n) is 9.34. The van der Waals surface area contributed by atoms with Gasteiger partial charge in [0, 0.05) is 19.1 Å². The molecule has 0 aliphatic rings. The Morgan fingerprint density at radius 3 is 2.57 bits per heavy atom. The van der Waals surface area contributed by atoms with Gasteiger partial charge in [0.05, 0.1) is 0 Å². The van der Waals surface area contributed by atoms with Gasteiger partial charge in [0.1, 0.15) is 0 Å². The van der Waals surface area contributed by atoms with Crippen molar-refractivity contribution >= 4 is 5.91 Å². The lowest BCUT2D eigenvalue weighted by atomic mass is 10.1. The van der Waals surface area contributed by atoms with E-state index >= 15 is 0 Å². The summed E-state index contributed by atoms with van der Waals surface area (Å²) >= 11 is 0. The molecular weight excluding hydrogens is 180 g/mol. The largest absolute Gasteiger partial charge is 0.396 e. The van der Waals surface area contributed by atoms with Gasteiger partial charge in [-0.15, -0.1) is 0 Å². The molecule has 0 aromatic rings. The lowest BCUT2D eigenvalue weighted by Crippen LogP contribution is -2.38. The first-order chi connectivity index (χ1) is 6.61. The maximum Gasteiger partial charge on any atom is 0.220 e. The van der Waals surface area contributed by atoms with E-state index in [4.69, 9.17) is 5.11 Å². The summed E-state index contributed by atoms with van der Waals surface area (Å²) in [4.78, 5) is 11.3. The quantitative estimate of drug-likeness (QED) is 0.514. The molecule has 14 heavy (non-hydrogen) atoms. The molecule has 2 unspecified atom stereocenters. The molecule has 0 aromatic heterocycles. The molecule has 0 aliphatic carbocycles. The average Bonchev–Trinajstić information content (AvgIpc) is 2.16. The molecule has 0 rings (SSSR count). The number of hydrogen-bond acceptors (Lipinski definition) is 3. The molecule has 0 aromatic carbocycles. The Labute approximate surface area is 86.1 Å². The Kier molecular flexibility index (Phi) is 7.42. The summed E-state index contributed by atoms with van der Waals surface area (Å²) in [7, 11) is 1.87. The second kappa shape index (κ2) is 7.76. The molecule has 4 nitrogen and oxygen atoms in total. The summed E-state index contributed by atoms with van der Waals surface area (Å²) in [5.41, 5.74) is 0. The van der Waals surface area contributed by atoms with Crippen molar-refractivity contribution in [2.75, 3.05) is 20.2 Å². The van der Waals surface area contributed by atoms with Crippen LogP contribution < -0.4 is 10.6 Å². The number of nitrogens with one attached hydrogen (secondary N) is 2. The molecule has 0 fully saturated rings. The molecule has 0 saturated heterocycles. The highest BCUT2D eigenvalue weighted by Crippen LogP contribution is 2.01. The molecule has 0 aliphatic heterocycles. The van der Waals surface area contributed by atoms with Gasteiger partial charge in [0.15, 0.2) is 0 Å². The normalized spacial score (nSPS) is 14.9. The fourth-order valence-electron chi connectivity index (χ4n) is 1.05. The van der Waals surface area contributed by atoms with Crippen molar-refractivity contribution < 1.29 is 9.90 Å². The standard InChI is InChI=1S/C10H22N2O2/c1-8(7-13)9(2)12-10(14)5-4-6-11-3/h8-9,11,13H,4-7H2,1-3H3,(H,12,14). The van der Waals surface area contributed by atoms with E-state index in [0.29, 0.717) is 6.42 Å². The van der Waals surface area contributed by atoms with Crippen LogP contribution in [-0.2, 0) is 4.79 Å². The Morgan fingerprint density at radius 2 is 2.07 bits per heavy atom. The number of carbonyl (C=O) groups excluding carboxylic acids is 1. The first-order valence-electron chi connectivity index (χ1n) is 5.16. The van der Waals surface area contributed by atoms with Gasteiger partial charge >= 0.3 is 0 Å². The van der Waals surface area contributed by atoms with E-state index < -0.39 is 0 Å². The van der Waals surface area contributed by atoms with Crippen molar-refractivity contribution in [3.8, 4) is 0 Å². The molecule has 0 bridgehead atoms. The predicted octanol–water partition coefficient (Wildman–Crippen LogP) is 0.119. The highest BCUT2D eigenvalue weighted by atomic mass is 16.3. The van der Waals surface area contributed by atoms with Gasteiger partial charge in [0.2, 0.25) is 5.91 Å². The maximum atomic E-state index is 11.3. The minimum Gasteiger partial charge on any atom is -0.396 e. The van der Waals surface area contributed by atoms with E-state index in [1.54, 1.807) is 0 Å². The first-order valence-corrected chi connectivity index (χ1v) is 5.16. The average molecular weight is 202 g/mol. The topological polar surface area (TPSA) is 61.4 Å². The summed E-state index contributed by atoms with van der Waals surface area (Å²) in [5, 5.41) is 14.7. The molecule has 84 valence electrons. The third-order valence-electron chi connectivity index (χ3n) is 2.36. The molecule has 4 heteroatoms. The van der Waals surface area contributed by atoms with Crippen LogP contribution in [0.1, 0.15) is 26.7 Å².